The fourth-order valence-electron chi connectivity index (χ4n) is 3.03. The van der Waals surface area contributed by atoms with Gasteiger partial charge in [-0.05, 0) is 82.1 Å². The third kappa shape index (κ3) is 7.87. The summed E-state index contributed by atoms with van der Waals surface area (Å²) in [5, 5.41) is 6.13. The third-order valence-corrected chi connectivity index (χ3v) is 5.09. The highest BCUT2D eigenvalue weighted by Gasteiger charge is 2.28. The molecule has 0 atom stereocenters. The molecule has 0 bridgehead atoms. The van der Waals surface area contributed by atoms with Gasteiger partial charge in [-0.15, -0.1) is 0 Å². The van der Waals surface area contributed by atoms with Gasteiger partial charge in [-0.25, -0.2) is 0 Å². The molecule has 0 saturated carbocycles. The van der Waals surface area contributed by atoms with Crippen molar-refractivity contribution in [3.05, 3.63) is 53.6 Å². The number of thiocarbonyl (C=S) groups is 1. The van der Waals surface area contributed by atoms with Crippen LogP contribution in [0.3, 0.4) is 0 Å². The molecular formula is C25H34N2O3S. The quantitative estimate of drug-likeness (QED) is 0.380. The van der Waals surface area contributed by atoms with Crippen molar-refractivity contribution < 1.29 is 14.3 Å². The van der Waals surface area contributed by atoms with E-state index in [0.29, 0.717) is 18.8 Å². The molecule has 0 aliphatic rings. The number of carbonyl (C=O) groups is 1. The van der Waals surface area contributed by atoms with E-state index in [4.69, 9.17) is 21.7 Å². The van der Waals surface area contributed by atoms with Gasteiger partial charge in [-0.2, -0.15) is 0 Å². The van der Waals surface area contributed by atoms with Crippen molar-refractivity contribution in [2.75, 3.05) is 11.9 Å². The average Bonchev–Trinajstić information content (AvgIpc) is 2.68. The SMILES string of the molecule is Cc1ccc(C)c(OCCCC(C)(C)C(=O)NC(=S)Nc2ccccc2OC(C)C)c1. The monoisotopic (exact) mass is 442 g/mol. The molecule has 5 nitrogen and oxygen atoms in total. The first kappa shape index (κ1) is 24.7. The Labute approximate surface area is 191 Å². The number of amides is 1. The van der Waals surface area contributed by atoms with Crippen LogP contribution >= 0.6 is 12.2 Å². The summed E-state index contributed by atoms with van der Waals surface area (Å²) < 4.78 is 11.7. The molecule has 2 aromatic rings. The second kappa shape index (κ2) is 11.1. The Morgan fingerprint density at radius 3 is 2.52 bits per heavy atom. The lowest BCUT2D eigenvalue weighted by Gasteiger charge is -2.24. The summed E-state index contributed by atoms with van der Waals surface area (Å²) >= 11 is 5.36. The highest BCUT2D eigenvalue weighted by molar-refractivity contribution is 7.80. The summed E-state index contributed by atoms with van der Waals surface area (Å²) in [6, 6.07) is 13.7. The predicted molar refractivity (Wildman–Crippen MR) is 131 cm³/mol. The zero-order valence-electron chi connectivity index (χ0n) is 19.4. The molecule has 0 aliphatic carbocycles. The maximum atomic E-state index is 12.8. The first-order chi connectivity index (χ1) is 14.6. The number of ether oxygens (including phenoxy) is 2. The van der Waals surface area contributed by atoms with E-state index in [9.17, 15) is 4.79 Å². The van der Waals surface area contributed by atoms with E-state index in [2.05, 4.69) is 22.8 Å². The Morgan fingerprint density at radius 2 is 1.81 bits per heavy atom. The molecule has 6 heteroatoms. The molecule has 0 spiro atoms. The van der Waals surface area contributed by atoms with Crippen LogP contribution < -0.4 is 20.1 Å². The van der Waals surface area contributed by atoms with Crippen molar-refractivity contribution in [1.82, 2.24) is 5.32 Å². The average molecular weight is 443 g/mol. The minimum absolute atomic E-state index is 0.0378. The largest absolute Gasteiger partial charge is 0.493 e. The molecule has 0 heterocycles. The van der Waals surface area contributed by atoms with Gasteiger partial charge in [0.1, 0.15) is 11.5 Å². The number of carbonyl (C=O) groups excluding carboxylic acids is 1. The Morgan fingerprint density at radius 1 is 1.10 bits per heavy atom. The van der Waals surface area contributed by atoms with Gasteiger partial charge in [-0.1, -0.05) is 38.1 Å². The van der Waals surface area contributed by atoms with Gasteiger partial charge in [0.25, 0.3) is 0 Å². The van der Waals surface area contributed by atoms with Gasteiger partial charge in [-0.3, -0.25) is 4.79 Å². The van der Waals surface area contributed by atoms with Crippen LogP contribution in [0.15, 0.2) is 42.5 Å². The summed E-state index contributed by atoms with van der Waals surface area (Å²) in [4.78, 5) is 12.8. The van der Waals surface area contributed by atoms with Gasteiger partial charge in [0.15, 0.2) is 5.11 Å². The van der Waals surface area contributed by atoms with E-state index < -0.39 is 5.41 Å². The van der Waals surface area contributed by atoms with E-state index >= 15 is 0 Å². The van der Waals surface area contributed by atoms with Crippen molar-refractivity contribution in [2.45, 2.75) is 60.5 Å². The number of hydrogen-bond donors (Lipinski definition) is 2. The molecule has 2 aromatic carbocycles. The lowest BCUT2D eigenvalue weighted by Crippen LogP contribution is -2.42. The van der Waals surface area contributed by atoms with Crippen LogP contribution in [0.25, 0.3) is 0 Å². The smallest absolute Gasteiger partial charge is 0.231 e. The van der Waals surface area contributed by atoms with E-state index in [-0.39, 0.29) is 17.1 Å². The molecule has 0 radical (unpaired) electrons. The summed E-state index contributed by atoms with van der Waals surface area (Å²) in [5.74, 6) is 1.46. The minimum Gasteiger partial charge on any atom is -0.493 e. The van der Waals surface area contributed by atoms with Gasteiger partial charge in [0.2, 0.25) is 5.91 Å². The lowest BCUT2D eigenvalue weighted by molar-refractivity contribution is -0.128. The fraction of sp³-hybridized carbons (Fsp3) is 0.440. The van der Waals surface area contributed by atoms with Crippen molar-refractivity contribution >= 4 is 28.9 Å². The zero-order valence-corrected chi connectivity index (χ0v) is 20.2. The molecule has 31 heavy (non-hydrogen) atoms. The number of benzene rings is 2. The molecule has 2 N–H and O–H groups in total. The second-order valence-electron chi connectivity index (χ2n) is 8.68. The van der Waals surface area contributed by atoms with Crippen molar-refractivity contribution in [3.63, 3.8) is 0 Å². The summed E-state index contributed by atoms with van der Waals surface area (Å²) in [6.45, 7) is 12.4. The van der Waals surface area contributed by atoms with Crippen molar-refractivity contribution in [2.24, 2.45) is 5.41 Å². The van der Waals surface area contributed by atoms with E-state index in [1.54, 1.807) is 0 Å². The Kier molecular flexibility index (Phi) is 8.87. The molecule has 1 amide bonds. The number of rotatable bonds is 9. The van der Waals surface area contributed by atoms with E-state index in [1.165, 1.54) is 5.56 Å². The highest BCUT2D eigenvalue weighted by atomic mass is 32.1. The Bertz CT molecular complexity index is 909. The summed E-state index contributed by atoms with van der Waals surface area (Å²) in [5.41, 5.74) is 2.42. The van der Waals surface area contributed by atoms with Gasteiger partial charge < -0.3 is 20.1 Å². The van der Waals surface area contributed by atoms with Crippen molar-refractivity contribution in [1.29, 1.82) is 0 Å². The van der Waals surface area contributed by atoms with E-state index in [0.717, 1.165) is 23.4 Å². The number of anilines is 1. The number of para-hydroxylation sites is 2. The molecular weight excluding hydrogens is 408 g/mol. The molecule has 0 unspecified atom stereocenters. The molecule has 0 fully saturated rings. The predicted octanol–water partition coefficient (Wildman–Crippen LogP) is 5.79. The number of aryl methyl sites for hydroxylation is 2. The summed E-state index contributed by atoms with van der Waals surface area (Å²) in [6.07, 6.45) is 1.48. The fourth-order valence-corrected chi connectivity index (χ4v) is 3.23. The van der Waals surface area contributed by atoms with Crippen molar-refractivity contribution in [3.8, 4) is 11.5 Å². The third-order valence-electron chi connectivity index (χ3n) is 4.89. The maximum absolute atomic E-state index is 12.8. The lowest BCUT2D eigenvalue weighted by atomic mass is 9.87. The van der Waals surface area contributed by atoms with Crippen LogP contribution in [0.1, 0.15) is 51.7 Å². The van der Waals surface area contributed by atoms with Crippen LogP contribution in [-0.4, -0.2) is 23.7 Å². The first-order valence-electron chi connectivity index (χ1n) is 10.7. The number of hydrogen-bond acceptors (Lipinski definition) is 4. The van der Waals surface area contributed by atoms with Crippen LogP contribution in [0.5, 0.6) is 11.5 Å². The normalized spacial score (nSPS) is 11.2. The van der Waals surface area contributed by atoms with Crippen LogP contribution in [0.4, 0.5) is 5.69 Å². The standard InChI is InChI=1S/C25H34N2O3S/c1-17(2)30-21-11-8-7-10-20(21)26-24(31)27-23(28)25(5,6)14-9-15-29-22-16-18(3)12-13-19(22)4/h7-8,10-13,16-17H,9,14-15H2,1-6H3,(H2,26,27,28,31). The molecule has 168 valence electrons. The Balaban J connectivity index is 1.85. The first-order valence-corrected chi connectivity index (χ1v) is 11.1. The molecule has 0 aliphatic heterocycles. The van der Waals surface area contributed by atoms with Gasteiger partial charge in [0.05, 0.1) is 18.4 Å². The highest BCUT2D eigenvalue weighted by Crippen LogP contribution is 2.26. The number of nitrogens with one attached hydrogen (secondary N) is 2. The topological polar surface area (TPSA) is 59.6 Å². The summed E-state index contributed by atoms with van der Waals surface area (Å²) in [7, 11) is 0. The van der Waals surface area contributed by atoms with Crippen LogP contribution in [0.2, 0.25) is 0 Å². The molecule has 0 saturated heterocycles. The molecule has 0 aromatic heterocycles. The van der Waals surface area contributed by atoms with Crippen LogP contribution in [-0.2, 0) is 4.79 Å². The van der Waals surface area contributed by atoms with Crippen LogP contribution in [0, 0.1) is 19.3 Å². The van der Waals surface area contributed by atoms with Gasteiger partial charge >= 0.3 is 0 Å². The Hall–Kier alpha value is -2.60. The molecule has 2 rings (SSSR count). The minimum atomic E-state index is -0.579. The second-order valence-corrected chi connectivity index (χ2v) is 9.08. The zero-order chi connectivity index (χ0) is 23.0. The van der Waals surface area contributed by atoms with E-state index in [1.807, 2.05) is 71.9 Å². The maximum Gasteiger partial charge on any atom is 0.231 e. The van der Waals surface area contributed by atoms with Gasteiger partial charge in [0, 0.05) is 5.41 Å².